The van der Waals surface area contributed by atoms with E-state index in [1.54, 1.807) is 12.1 Å². The van der Waals surface area contributed by atoms with Crippen LogP contribution in [-0.4, -0.2) is 40.0 Å². The normalized spacial score (nSPS) is 11.1. The third kappa shape index (κ3) is 6.29. The topological polar surface area (TPSA) is 108 Å². The molecule has 0 bridgehead atoms. The molecule has 0 aliphatic rings. The molecule has 202 valence electrons. The standard InChI is InChI=1S/C29H25FO8S/c1-35-25-16-22(28(36-2)27(29(31)32)26(25)19-9-12-21(30)13-10-19)20-11-14-23(24(15-20)38-39(3,33)34)37-17-18-7-5-4-6-8-18/h4-16H,17H2,1-3H3,(H,31,32). The van der Waals surface area contributed by atoms with Gasteiger partial charge in [-0.1, -0.05) is 48.5 Å². The maximum Gasteiger partial charge on any atom is 0.340 e. The first-order chi connectivity index (χ1) is 18.6. The van der Waals surface area contributed by atoms with E-state index in [1.165, 1.54) is 50.6 Å². The third-order valence-corrected chi connectivity index (χ3v) is 6.23. The fourth-order valence-corrected chi connectivity index (χ4v) is 4.55. The van der Waals surface area contributed by atoms with Gasteiger partial charge in [-0.25, -0.2) is 9.18 Å². The van der Waals surface area contributed by atoms with Gasteiger partial charge in [0.1, 0.15) is 29.5 Å². The Labute approximate surface area is 225 Å². The van der Waals surface area contributed by atoms with Gasteiger partial charge in [0.05, 0.1) is 20.5 Å². The van der Waals surface area contributed by atoms with Crippen molar-refractivity contribution >= 4 is 16.1 Å². The number of rotatable bonds is 10. The molecule has 0 heterocycles. The maximum absolute atomic E-state index is 13.6. The predicted octanol–water partition coefficient (Wildman–Crippen LogP) is 5.79. The molecule has 39 heavy (non-hydrogen) atoms. The largest absolute Gasteiger partial charge is 0.496 e. The van der Waals surface area contributed by atoms with E-state index in [1.807, 2.05) is 30.3 Å². The summed E-state index contributed by atoms with van der Waals surface area (Å²) in [5.41, 5.74) is 1.92. The predicted molar refractivity (Wildman–Crippen MR) is 144 cm³/mol. The van der Waals surface area contributed by atoms with E-state index in [0.29, 0.717) is 16.7 Å². The van der Waals surface area contributed by atoms with Crippen LogP contribution in [0, 0.1) is 5.82 Å². The molecule has 0 spiro atoms. The second-order valence-corrected chi connectivity index (χ2v) is 10.0. The highest BCUT2D eigenvalue weighted by atomic mass is 32.2. The van der Waals surface area contributed by atoms with E-state index in [9.17, 15) is 22.7 Å². The van der Waals surface area contributed by atoms with Crippen LogP contribution in [0.15, 0.2) is 78.9 Å². The Kier molecular flexibility index (Phi) is 8.06. The van der Waals surface area contributed by atoms with E-state index in [0.717, 1.165) is 11.8 Å². The summed E-state index contributed by atoms with van der Waals surface area (Å²) in [6, 6.07) is 20.7. The highest BCUT2D eigenvalue weighted by Gasteiger charge is 2.27. The summed E-state index contributed by atoms with van der Waals surface area (Å²) in [5.74, 6) is -1.53. The van der Waals surface area contributed by atoms with E-state index < -0.39 is 21.9 Å². The average Bonchev–Trinajstić information content (AvgIpc) is 2.91. The Morgan fingerprint density at radius 2 is 1.51 bits per heavy atom. The maximum atomic E-state index is 13.6. The lowest BCUT2D eigenvalue weighted by molar-refractivity contribution is 0.0694. The van der Waals surface area contributed by atoms with Gasteiger partial charge < -0.3 is 23.5 Å². The van der Waals surface area contributed by atoms with E-state index in [2.05, 4.69) is 0 Å². The number of benzene rings is 4. The van der Waals surface area contributed by atoms with Crippen molar-refractivity contribution < 1.29 is 41.1 Å². The SMILES string of the molecule is COc1cc(-c2ccc(OCc3ccccc3)c(OS(C)(=O)=O)c2)c(OC)c(C(=O)O)c1-c1ccc(F)cc1. The first-order valence-electron chi connectivity index (χ1n) is 11.6. The van der Waals surface area contributed by atoms with Crippen molar-refractivity contribution in [3.63, 3.8) is 0 Å². The van der Waals surface area contributed by atoms with Gasteiger partial charge in [-0.15, -0.1) is 0 Å². The van der Waals surface area contributed by atoms with E-state index >= 15 is 0 Å². The Morgan fingerprint density at radius 3 is 2.10 bits per heavy atom. The number of hydrogen-bond acceptors (Lipinski definition) is 7. The number of hydrogen-bond donors (Lipinski definition) is 1. The zero-order valence-electron chi connectivity index (χ0n) is 21.3. The molecule has 4 aromatic carbocycles. The van der Waals surface area contributed by atoms with Crippen LogP contribution in [0.4, 0.5) is 4.39 Å². The molecule has 0 saturated heterocycles. The van der Waals surface area contributed by atoms with Gasteiger partial charge in [0.15, 0.2) is 11.5 Å². The molecule has 0 unspecified atom stereocenters. The van der Waals surface area contributed by atoms with Crippen molar-refractivity contribution in [1.82, 2.24) is 0 Å². The van der Waals surface area contributed by atoms with Crippen LogP contribution in [0.25, 0.3) is 22.3 Å². The molecule has 0 atom stereocenters. The zero-order valence-corrected chi connectivity index (χ0v) is 22.1. The lowest BCUT2D eigenvalue weighted by Gasteiger charge is -2.20. The molecule has 10 heteroatoms. The van der Waals surface area contributed by atoms with Crippen LogP contribution in [0.5, 0.6) is 23.0 Å². The van der Waals surface area contributed by atoms with Gasteiger partial charge in [-0.3, -0.25) is 0 Å². The summed E-state index contributed by atoms with van der Waals surface area (Å²) in [6.07, 6.45) is 0.907. The Bertz CT molecular complexity index is 1600. The third-order valence-electron chi connectivity index (χ3n) is 5.75. The monoisotopic (exact) mass is 552 g/mol. The van der Waals surface area contributed by atoms with Gasteiger partial charge in [-0.2, -0.15) is 8.42 Å². The number of aromatic carboxylic acids is 1. The molecule has 0 saturated carbocycles. The minimum atomic E-state index is -3.94. The van der Waals surface area contributed by atoms with Crippen molar-refractivity contribution in [3.05, 3.63) is 95.8 Å². The molecule has 0 aliphatic heterocycles. The Hall–Kier alpha value is -4.57. The number of carboxylic acid groups (broad SMARTS) is 1. The number of ether oxygens (including phenoxy) is 3. The summed E-state index contributed by atoms with van der Waals surface area (Å²) in [5, 5.41) is 10.2. The number of halogens is 1. The molecule has 4 aromatic rings. The molecular formula is C29H25FO8S. The average molecular weight is 553 g/mol. The van der Waals surface area contributed by atoms with Crippen LogP contribution in [0.1, 0.15) is 15.9 Å². The van der Waals surface area contributed by atoms with Crippen molar-refractivity contribution in [1.29, 1.82) is 0 Å². The van der Waals surface area contributed by atoms with Crippen LogP contribution in [0.2, 0.25) is 0 Å². The second-order valence-electron chi connectivity index (χ2n) is 8.44. The van der Waals surface area contributed by atoms with Gasteiger partial charge >= 0.3 is 16.1 Å². The van der Waals surface area contributed by atoms with Crippen LogP contribution in [-0.2, 0) is 16.7 Å². The van der Waals surface area contributed by atoms with Gasteiger partial charge in [-0.05, 0) is 47.0 Å². The molecule has 8 nitrogen and oxygen atoms in total. The highest BCUT2D eigenvalue weighted by Crippen LogP contribution is 2.46. The van der Waals surface area contributed by atoms with Crippen LogP contribution < -0.4 is 18.4 Å². The van der Waals surface area contributed by atoms with Crippen molar-refractivity contribution in [2.75, 3.05) is 20.5 Å². The summed E-state index contributed by atoms with van der Waals surface area (Å²) in [6.45, 7) is 0.160. The lowest BCUT2D eigenvalue weighted by Crippen LogP contribution is -2.08. The van der Waals surface area contributed by atoms with Gasteiger partial charge in [0.2, 0.25) is 0 Å². The summed E-state index contributed by atoms with van der Waals surface area (Å²) in [4.78, 5) is 12.5. The zero-order chi connectivity index (χ0) is 28.2. The number of carboxylic acids is 1. The van der Waals surface area contributed by atoms with Gasteiger partial charge in [0, 0.05) is 11.1 Å². The fraction of sp³-hybridized carbons (Fsp3) is 0.138. The van der Waals surface area contributed by atoms with E-state index in [4.69, 9.17) is 18.4 Å². The lowest BCUT2D eigenvalue weighted by atomic mass is 9.92. The first-order valence-corrected chi connectivity index (χ1v) is 13.4. The minimum Gasteiger partial charge on any atom is -0.496 e. The Balaban J connectivity index is 1.88. The molecule has 0 fully saturated rings. The quantitative estimate of drug-likeness (QED) is 0.246. The molecule has 0 radical (unpaired) electrons. The van der Waals surface area contributed by atoms with Gasteiger partial charge in [0.25, 0.3) is 0 Å². The van der Waals surface area contributed by atoms with Crippen molar-refractivity contribution in [2.24, 2.45) is 0 Å². The Morgan fingerprint density at radius 1 is 0.846 bits per heavy atom. The smallest absolute Gasteiger partial charge is 0.340 e. The molecule has 0 aliphatic carbocycles. The molecule has 0 aromatic heterocycles. The van der Waals surface area contributed by atoms with Crippen LogP contribution in [0.3, 0.4) is 0 Å². The number of carbonyl (C=O) groups is 1. The first kappa shape index (κ1) is 27.5. The van der Waals surface area contributed by atoms with Crippen molar-refractivity contribution in [3.8, 4) is 45.3 Å². The fourth-order valence-electron chi connectivity index (χ4n) is 4.09. The van der Waals surface area contributed by atoms with Crippen LogP contribution >= 0.6 is 0 Å². The molecule has 4 rings (SSSR count). The molecule has 1 N–H and O–H groups in total. The number of methoxy groups -OCH3 is 2. The molecular weight excluding hydrogens is 527 g/mol. The van der Waals surface area contributed by atoms with E-state index in [-0.39, 0.29) is 40.7 Å². The minimum absolute atomic E-state index is 0.00844. The summed E-state index contributed by atoms with van der Waals surface area (Å²) in [7, 11) is -1.24. The molecule has 0 amide bonds. The summed E-state index contributed by atoms with van der Waals surface area (Å²) < 4.78 is 59.8. The highest BCUT2D eigenvalue weighted by molar-refractivity contribution is 7.86. The van der Waals surface area contributed by atoms with Crippen molar-refractivity contribution in [2.45, 2.75) is 6.61 Å². The summed E-state index contributed by atoms with van der Waals surface area (Å²) >= 11 is 0. The second kappa shape index (κ2) is 11.4.